The SMILES string of the molecule is Fc1ccc(Br)cc1COCCCCCC1CCCNC1. The minimum absolute atomic E-state index is 0.192. The predicted octanol–water partition coefficient (Wildman–Crippen LogP) is 4.66. The first-order valence-corrected chi connectivity index (χ1v) is 8.77. The van der Waals surface area contributed by atoms with Gasteiger partial charge in [-0.05, 0) is 62.9 Å². The van der Waals surface area contributed by atoms with Crippen LogP contribution < -0.4 is 5.32 Å². The van der Waals surface area contributed by atoms with Crippen molar-refractivity contribution in [1.29, 1.82) is 0 Å². The normalized spacial score (nSPS) is 18.9. The van der Waals surface area contributed by atoms with Crippen LogP contribution in [0.2, 0.25) is 0 Å². The van der Waals surface area contributed by atoms with Gasteiger partial charge in [-0.1, -0.05) is 28.8 Å². The van der Waals surface area contributed by atoms with E-state index in [0.717, 1.165) is 23.4 Å². The van der Waals surface area contributed by atoms with Crippen LogP contribution in [0.15, 0.2) is 22.7 Å². The summed E-state index contributed by atoms with van der Waals surface area (Å²) in [4.78, 5) is 0. The molecule has 1 heterocycles. The second kappa shape index (κ2) is 9.54. The van der Waals surface area contributed by atoms with E-state index < -0.39 is 0 Å². The summed E-state index contributed by atoms with van der Waals surface area (Å²) < 4.78 is 20.0. The Balaban J connectivity index is 1.51. The van der Waals surface area contributed by atoms with E-state index in [-0.39, 0.29) is 5.82 Å². The van der Waals surface area contributed by atoms with Gasteiger partial charge in [0.25, 0.3) is 0 Å². The van der Waals surface area contributed by atoms with Crippen molar-refractivity contribution in [2.45, 2.75) is 45.1 Å². The van der Waals surface area contributed by atoms with Gasteiger partial charge in [0, 0.05) is 16.6 Å². The number of ether oxygens (including phenoxy) is 1. The molecule has 0 radical (unpaired) electrons. The second-order valence-corrected chi connectivity index (χ2v) is 6.77. The lowest BCUT2D eigenvalue weighted by molar-refractivity contribution is 0.114. The van der Waals surface area contributed by atoms with Crippen molar-refractivity contribution in [2.24, 2.45) is 5.92 Å². The van der Waals surface area contributed by atoms with Crippen molar-refractivity contribution >= 4 is 15.9 Å². The molecule has 118 valence electrons. The van der Waals surface area contributed by atoms with E-state index in [1.807, 2.05) is 0 Å². The average Bonchev–Trinajstić information content (AvgIpc) is 2.50. The van der Waals surface area contributed by atoms with E-state index in [9.17, 15) is 4.39 Å². The Kier molecular flexibility index (Phi) is 7.69. The molecule has 0 aromatic heterocycles. The quantitative estimate of drug-likeness (QED) is 0.682. The minimum atomic E-state index is -0.192. The van der Waals surface area contributed by atoms with E-state index in [4.69, 9.17) is 4.74 Å². The molecule has 1 aromatic rings. The summed E-state index contributed by atoms with van der Waals surface area (Å²) in [6.07, 6.45) is 7.58. The van der Waals surface area contributed by atoms with Crippen LogP contribution in [0, 0.1) is 11.7 Å². The Bertz CT molecular complexity index is 421. The van der Waals surface area contributed by atoms with Crippen LogP contribution in [0.4, 0.5) is 4.39 Å². The lowest BCUT2D eigenvalue weighted by Gasteiger charge is -2.22. The Hall–Kier alpha value is -0.450. The smallest absolute Gasteiger partial charge is 0.128 e. The van der Waals surface area contributed by atoms with E-state index in [2.05, 4.69) is 21.2 Å². The summed E-state index contributed by atoms with van der Waals surface area (Å²) in [7, 11) is 0. The molecular formula is C17H25BrFNO. The van der Waals surface area contributed by atoms with Crippen molar-refractivity contribution in [3.8, 4) is 0 Å². The van der Waals surface area contributed by atoms with Gasteiger partial charge < -0.3 is 10.1 Å². The Morgan fingerprint density at radius 1 is 1.29 bits per heavy atom. The summed E-state index contributed by atoms with van der Waals surface area (Å²) in [5, 5.41) is 3.46. The summed E-state index contributed by atoms with van der Waals surface area (Å²) in [5.41, 5.74) is 0.623. The third kappa shape index (κ3) is 6.45. The van der Waals surface area contributed by atoms with Crippen molar-refractivity contribution in [3.05, 3.63) is 34.1 Å². The maximum absolute atomic E-state index is 13.5. The Morgan fingerprint density at radius 2 is 2.19 bits per heavy atom. The average molecular weight is 358 g/mol. The van der Waals surface area contributed by atoms with Crippen LogP contribution in [0.5, 0.6) is 0 Å². The molecule has 1 fully saturated rings. The van der Waals surface area contributed by atoms with E-state index in [0.29, 0.717) is 12.2 Å². The van der Waals surface area contributed by atoms with Crippen molar-refractivity contribution in [3.63, 3.8) is 0 Å². The highest BCUT2D eigenvalue weighted by Crippen LogP contribution is 2.18. The fourth-order valence-electron chi connectivity index (χ4n) is 2.82. The molecule has 2 rings (SSSR count). The molecular weight excluding hydrogens is 333 g/mol. The zero-order valence-electron chi connectivity index (χ0n) is 12.5. The van der Waals surface area contributed by atoms with Gasteiger partial charge in [0.2, 0.25) is 0 Å². The maximum atomic E-state index is 13.5. The monoisotopic (exact) mass is 357 g/mol. The molecule has 21 heavy (non-hydrogen) atoms. The number of unbranched alkanes of at least 4 members (excludes halogenated alkanes) is 2. The van der Waals surface area contributed by atoms with Crippen LogP contribution in [0.25, 0.3) is 0 Å². The van der Waals surface area contributed by atoms with Gasteiger partial charge in [-0.2, -0.15) is 0 Å². The van der Waals surface area contributed by atoms with Gasteiger partial charge in [-0.25, -0.2) is 4.39 Å². The number of benzene rings is 1. The topological polar surface area (TPSA) is 21.3 Å². The number of rotatable bonds is 8. The molecule has 0 aliphatic carbocycles. The van der Waals surface area contributed by atoms with Gasteiger partial charge >= 0.3 is 0 Å². The summed E-state index contributed by atoms with van der Waals surface area (Å²) in [6, 6.07) is 4.96. The summed E-state index contributed by atoms with van der Waals surface area (Å²) >= 11 is 3.35. The molecule has 0 amide bonds. The fourth-order valence-corrected chi connectivity index (χ4v) is 3.23. The predicted molar refractivity (Wildman–Crippen MR) is 87.8 cm³/mol. The largest absolute Gasteiger partial charge is 0.377 e. The Labute approximate surface area is 135 Å². The molecule has 0 spiro atoms. The van der Waals surface area contributed by atoms with E-state index >= 15 is 0 Å². The van der Waals surface area contributed by atoms with Gasteiger partial charge in [-0.3, -0.25) is 0 Å². The number of hydrogen-bond acceptors (Lipinski definition) is 2. The standard InChI is InChI=1S/C17H25BrFNO/c18-16-7-8-17(19)15(11-16)13-21-10-3-1-2-5-14-6-4-9-20-12-14/h7-8,11,14,20H,1-6,9-10,12-13H2. The lowest BCUT2D eigenvalue weighted by atomic mass is 9.94. The van der Waals surface area contributed by atoms with Crippen molar-refractivity contribution in [1.82, 2.24) is 5.32 Å². The van der Waals surface area contributed by atoms with Crippen molar-refractivity contribution < 1.29 is 9.13 Å². The lowest BCUT2D eigenvalue weighted by Crippen LogP contribution is -2.29. The second-order valence-electron chi connectivity index (χ2n) is 5.85. The highest BCUT2D eigenvalue weighted by atomic mass is 79.9. The highest BCUT2D eigenvalue weighted by Gasteiger charge is 2.11. The first kappa shape index (κ1) is 16.9. The molecule has 1 aliphatic rings. The summed E-state index contributed by atoms with van der Waals surface area (Å²) in [5.74, 6) is 0.679. The van der Waals surface area contributed by atoms with Gasteiger partial charge in [0.05, 0.1) is 6.61 Å². The van der Waals surface area contributed by atoms with Crippen LogP contribution >= 0.6 is 15.9 Å². The third-order valence-electron chi connectivity index (χ3n) is 4.07. The molecule has 2 nitrogen and oxygen atoms in total. The molecule has 1 N–H and O–H groups in total. The van der Waals surface area contributed by atoms with E-state index in [1.54, 1.807) is 12.1 Å². The molecule has 1 aromatic carbocycles. The zero-order valence-corrected chi connectivity index (χ0v) is 14.1. The first-order valence-electron chi connectivity index (χ1n) is 7.98. The zero-order chi connectivity index (χ0) is 14.9. The minimum Gasteiger partial charge on any atom is -0.377 e. The number of piperidine rings is 1. The third-order valence-corrected chi connectivity index (χ3v) is 4.56. The van der Waals surface area contributed by atoms with Gasteiger partial charge in [0.15, 0.2) is 0 Å². The highest BCUT2D eigenvalue weighted by molar-refractivity contribution is 9.10. The molecule has 0 saturated carbocycles. The maximum Gasteiger partial charge on any atom is 0.128 e. The number of nitrogens with one attached hydrogen (secondary N) is 1. The van der Waals surface area contributed by atoms with Gasteiger partial charge in [-0.15, -0.1) is 0 Å². The molecule has 1 aliphatic heterocycles. The van der Waals surface area contributed by atoms with Crippen LogP contribution in [0.3, 0.4) is 0 Å². The van der Waals surface area contributed by atoms with Gasteiger partial charge in [0.1, 0.15) is 5.82 Å². The van der Waals surface area contributed by atoms with Crippen LogP contribution in [-0.4, -0.2) is 19.7 Å². The first-order chi connectivity index (χ1) is 10.3. The van der Waals surface area contributed by atoms with E-state index in [1.165, 1.54) is 51.3 Å². The fraction of sp³-hybridized carbons (Fsp3) is 0.647. The van der Waals surface area contributed by atoms with Crippen LogP contribution in [-0.2, 0) is 11.3 Å². The Morgan fingerprint density at radius 3 is 3.00 bits per heavy atom. The molecule has 0 bridgehead atoms. The molecule has 1 unspecified atom stereocenters. The van der Waals surface area contributed by atoms with Crippen molar-refractivity contribution in [2.75, 3.05) is 19.7 Å². The van der Waals surface area contributed by atoms with Crippen LogP contribution in [0.1, 0.15) is 44.1 Å². The molecule has 1 saturated heterocycles. The summed E-state index contributed by atoms with van der Waals surface area (Å²) in [6.45, 7) is 3.46. The molecule has 4 heteroatoms. The number of hydrogen-bond donors (Lipinski definition) is 1. The molecule has 1 atom stereocenters. The number of halogens is 2.